The van der Waals surface area contributed by atoms with E-state index in [9.17, 15) is 9.59 Å². The van der Waals surface area contributed by atoms with E-state index in [4.69, 9.17) is 11.6 Å². The van der Waals surface area contributed by atoms with Gasteiger partial charge < -0.3 is 5.32 Å². The van der Waals surface area contributed by atoms with Crippen molar-refractivity contribution in [3.8, 4) is 0 Å². The molecule has 0 saturated heterocycles. The van der Waals surface area contributed by atoms with Gasteiger partial charge in [0.05, 0.1) is 10.9 Å². The number of amides is 1. The number of halogens is 1. The van der Waals surface area contributed by atoms with Crippen molar-refractivity contribution in [1.29, 1.82) is 0 Å². The minimum Gasteiger partial charge on any atom is -0.324 e. The molecule has 27 heavy (non-hydrogen) atoms. The Balaban J connectivity index is 1.74. The highest BCUT2D eigenvalue weighted by Gasteiger charge is 2.18. The molecule has 0 aliphatic carbocycles. The lowest BCUT2D eigenvalue weighted by Crippen LogP contribution is -2.23. The van der Waals surface area contributed by atoms with Gasteiger partial charge in [-0.15, -0.1) is 11.8 Å². The van der Waals surface area contributed by atoms with Gasteiger partial charge in [-0.1, -0.05) is 54.1 Å². The number of anilines is 1. The van der Waals surface area contributed by atoms with Gasteiger partial charge >= 0.3 is 0 Å². The van der Waals surface area contributed by atoms with Gasteiger partial charge in [-0.05, 0) is 43.3 Å². The van der Waals surface area contributed by atoms with Gasteiger partial charge in [-0.25, -0.2) is 0 Å². The van der Waals surface area contributed by atoms with Crippen molar-refractivity contribution >= 4 is 40.7 Å². The minimum absolute atomic E-state index is 0.121. The molecule has 3 aromatic rings. The van der Waals surface area contributed by atoms with Gasteiger partial charge in [0.1, 0.15) is 0 Å². The molecular weight excluding hydrogens is 378 g/mol. The smallest absolute Gasteiger partial charge is 0.237 e. The van der Waals surface area contributed by atoms with E-state index >= 15 is 0 Å². The maximum atomic E-state index is 12.8. The molecular formula is C22H18ClNO2S. The van der Waals surface area contributed by atoms with E-state index in [1.54, 1.807) is 48.5 Å². The summed E-state index contributed by atoms with van der Waals surface area (Å²) in [5.41, 5.74) is 1.57. The fraction of sp³-hybridized carbons (Fsp3) is 0.0909. The Bertz CT molecular complexity index is 942. The third-order valence-corrected chi connectivity index (χ3v) is 5.33. The number of carbonyl (C=O) groups is 2. The van der Waals surface area contributed by atoms with Crippen LogP contribution in [-0.2, 0) is 4.79 Å². The summed E-state index contributed by atoms with van der Waals surface area (Å²) in [7, 11) is 0. The summed E-state index contributed by atoms with van der Waals surface area (Å²) < 4.78 is 0. The van der Waals surface area contributed by atoms with Crippen molar-refractivity contribution in [2.75, 3.05) is 5.32 Å². The van der Waals surface area contributed by atoms with Gasteiger partial charge in [0.15, 0.2) is 5.78 Å². The lowest BCUT2D eigenvalue weighted by Gasteiger charge is -2.14. The number of ketones is 1. The summed E-state index contributed by atoms with van der Waals surface area (Å²) >= 11 is 7.33. The Kier molecular flexibility index (Phi) is 6.32. The highest BCUT2D eigenvalue weighted by Crippen LogP contribution is 2.26. The summed E-state index contributed by atoms with van der Waals surface area (Å²) in [6.07, 6.45) is 0. The molecule has 1 N–H and O–H groups in total. The Morgan fingerprint density at radius 1 is 0.889 bits per heavy atom. The van der Waals surface area contributed by atoms with E-state index in [1.807, 2.05) is 37.3 Å². The van der Waals surface area contributed by atoms with Crippen LogP contribution in [0.25, 0.3) is 0 Å². The molecule has 136 valence electrons. The first kappa shape index (κ1) is 19.2. The first-order valence-electron chi connectivity index (χ1n) is 8.46. The molecule has 3 aromatic carbocycles. The molecule has 0 radical (unpaired) electrons. The summed E-state index contributed by atoms with van der Waals surface area (Å²) in [6.45, 7) is 1.83. The quantitative estimate of drug-likeness (QED) is 0.430. The number of para-hydroxylation sites is 1. The van der Waals surface area contributed by atoms with Crippen LogP contribution in [0.3, 0.4) is 0 Å². The van der Waals surface area contributed by atoms with Crippen molar-refractivity contribution in [2.45, 2.75) is 17.1 Å². The van der Waals surface area contributed by atoms with Crippen LogP contribution in [0.2, 0.25) is 5.02 Å². The molecule has 3 nitrogen and oxygen atoms in total. The van der Waals surface area contributed by atoms with Crippen LogP contribution in [-0.4, -0.2) is 16.9 Å². The van der Waals surface area contributed by atoms with Crippen LogP contribution >= 0.6 is 23.4 Å². The van der Waals surface area contributed by atoms with Crippen LogP contribution in [0.5, 0.6) is 0 Å². The average Bonchev–Trinajstić information content (AvgIpc) is 2.70. The number of hydrogen-bond donors (Lipinski definition) is 1. The molecule has 0 unspecified atom stereocenters. The molecule has 3 rings (SSSR count). The Hall–Kier alpha value is -2.56. The topological polar surface area (TPSA) is 46.2 Å². The maximum Gasteiger partial charge on any atom is 0.237 e. The van der Waals surface area contributed by atoms with Gasteiger partial charge in [-0.2, -0.15) is 0 Å². The number of rotatable bonds is 6. The van der Waals surface area contributed by atoms with Crippen LogP contribution in [0.15, 0.2) is 83.8 Å². The highest BCUT2D eigenvalue weighted by molar-refractivity contribution is 8.00. The van der Waals surface area contributed by atoms with Gasteiger partial charge in [0.2, 0.25) is 5.91 Å². The number of hydrogen-bond acceptors (Lipinski definition) is 3. The van der Waals surface area contributed by atoms with Crippen LogP contribution < -0.4 is 5.32 Å². The second kappa shape index (κ2) is 8.89. The number of benzene rings is 3. The predicted octanol–water partition coefficient (Wildman–Crippen LogP) is 5.69. The van der Waals surface area contributed by atoms with E-state index < -0.39 is 0 Å². The molecule has 0 aliphatic rings. The standard InChI is InChI=1S/C22H18ClNO2S/c1-15(27-18-13-11-17(23)12-14-18)22(26)24-20-10-6-5-9-19(20)21(25)16-7-3-2-4-8-16/h2-15H,1H3,(H,24,26)/t15-/m1/s1. The molecule has 5 heteroatoms. The van der Waals surface area contributed by atoms with Gasteiger partial charge in [0.25, 0.3) is 0 Å². The van der Waals surface area contributed by atoms with Crippen LogP contribution in [0, 0.1) is 0 Å². The SMILES string of the molecule is C[C@@H](Sc1ccc(Cl)cc1)C(=O)Nc1ccccc1C(=O)c1ccccc1. The van der Waals surface area contributed by atoms with Crippen LogP contribution in [0.4, 0.5) is 5.69 Å². The number of carbonyl (C=O) groups excluding carboxylic acids is 2. The Morgan fingerprint density at radius 3 is 2.22 bits per heavy atom. The molecule has 0 aliphatic heterocycles. The zero-order chi connectivity index (χ0) is 19.2. The predicted molar refractivity (Wildman–Crippen MR) is 112 cm³/mol. The fourth-order valence-electron chi connectivity index (χ4n) is 2.54. The van der Waals surface area contributed by atoms with Gasteiger partial charge in [0, 0.05) is 21.0 Å². The molecule has 0 saturated carbocycles. The first-order chi connectivity index (χ1) is 13.0. The Morgan fingerprint density at radius 2 is 1.52 bits per heavy atom. The van der Waals surface area contributed by atoms with E-state index in [0.717, 1.165) is 4.90 Å². The second-order valence-corrected chi connectivity index (χ2v) is 7.79. The molecule has 0 spiro atoms. The number of thioether (sulfide) groups is 1. The number of nitrogens with one attached hydrogen (secondary N) is 1. The molecule has 0 aromatic heterocycles. The lowest BCUT2D eigenvalue weighted by molar-refractivity contribution is -0.115. The zero-order valence-electron chi connectivity index (χ0n) is 14.7. The summed E-state index contributed by atoms with van der Waals surface area (Å²) in [4.78, 5) is 26.4. The van der Waals surface area contributed by atoms with Crippen molar-refractivity contribution in [1.82, 2.24) is 0 Å². The molecule has 0 fully saturated rings. The minimum atomic E-state index is -0.328. The molecule has 1 amide bonds. The fourth-order valence-corrected chi connectivity index (χ4v) is 3.53. The largest absolute Gasteiger partial charge is 0.324 e. The average molecular weight is 396 g/mol. The van der Waals surface area contributed by atoms with Crippen molar-refractivity contribution < 1.29 is 9.59 Å². The molecule has 0 heterocycles. The van der Waals surface area contributed by atoms with E-state index in [2.05, 4.69) is 5.32 Å². The maximum absolute atomic E-state index is 12.8. The Labute approximate surface area is 167 Å². The van der Waals surface area contributed by atoms with Crippen molar-refractivity contribution in [3.05, 3.63) is 95.0 Å². The zero-order valence-corrected chi connectivity index (χ0v) is 16.3. The molecule has 1 atom stereocenters. The molecule has 0 bridgehead atoms. The first-order valence-corrected chi connectivity index (χ1v) is 9.72. The highest BCUT2D eigenvalue weighted by atomic mass is 35.5. The van der Waals surface area contributed by atoms with Gasteiger partial charge in [-0.3, -0.25) is 9.59 Å². The van der Waals surface area contributed by atoms with E-state index in [-0.39, 0.29) is 16.9 Å². The van der Waals surface area contributed by atoms with E-state index in [0.29, 0.717) is 21.8 Å². The normalized spacial score (nSPS) is 11.6. The summed E-state index contributed by atoms with van der Waals surface area (Å²) in [5.74, 6) is -0.284. The summed E-state index contributed by atoms with van der Waals surface area (Å²) in [6, 6.07) is 23.4. The second-order valence-electron chi connectivity index (χ2n) is 5.94. The van der Waals surface area contributed by atoms with Crippen LogP contribution in [0.1, 0.15) is 22.8 Å². The lowest BCUT2D eigenvalue weighted by atomic mass is 10.0. The van der Waals surface area contributed by atoms with Crippen molar-refractivity contribution in [3.63, 3.8) is 0 Å². The monoisotopic (exact) mass is 395 g/mol. The van der Waals surface area contributed by atoms with E-state index in [1.165, 1.54) is 11.8 Å². The third kappa shape index (κ3) is 5.00. The summed E-state index contributed by atoms with van der Waals surface area (Å²) in [5, 5.41) is 3.22. The third-order valence-electron chi connectivity index (χ3n) is 3.96. The van der Waals surface area contributed by atoms with Crippen molar-refractivity contribution in [2.24, 2.45) is 0 Å².